The fraction of sp³-hybridized carbons (Fsp3) is 0.200. The van der Waals surface area contributed by atoms with Crippen LogP contribution in [0, 0.1) is 6.92 Å². The van der Waals surface area contributed by atoms with Gasteiger partial charge in [-0.1, -0.05) is 30.3 Å². The summed E-state index contributed by atoms with van der Waals surface area (Å²) < 4.78 is 2.02. The first-order chi connectivity index (χ1) is 16.1. The molecule has 33 heavy (non-hydrogen) atoms. The van der Waals surface area contributed by atoms with Gasteiger partial charge in [-0.05, 0) is 36.8 Å². The van der Waals surface area contributed by atoms with Crippen LogP contribution in [0.4, 0.5) is 16.4 Å². The minimum Gasteiger partial charge on any atom is -0.465 e. The van der Waals surface area contributed by atoms with E-state index < -0.39 is 6.09 Å². The summed E-state index contributed by atoms with van der Waals surface area (Å²) in [5, 5.41) is 12.8. The first kappa shape index (κ1) is 20.7. The second-order valence-corrected chi connectivity index (χ2v) is 8.05. The van der Waals surface area contributed by atoms with E-state index in [0.717, 1.165) is 39.7 Å². The number of rotatable bonds is 5. The zero-order chi connectivity index (χ0) is 22.8. The number of amides is 1. The van der Waals surface area contributed by atoms with Crippen molar-refractivity contribution >= 4 is 17.7 Å². The average Bonchev–Trinajstić information content (AvgIpc) is 3.26. The number of anilines is 2. The van der Waals surface area contributed by atoms with Crippen LogP contribution in [0.25, 0.3) is 5.69 Å². The predicted octanol–water partition coefficient (Wildman–Crippen LogP) is 4.34. The lowest BCUT2D eigenvalue weighted by Gasteiger charge is -2.27. The molecule has 1 aliphatic heterocycles. The Morgan fingerprint density at radius 1 is 1.09 bits per heavy atom. The zero-order valence-electron chi connectivity index (χ0n) is 18.3. The molecule has 0 spiro atoms. The highest BCUT2D eigenvalue weighted by Gasteiger charge is 2.25. The molecule has 0 atom stereocenters. The Bertz CT molecular complexity index is 1280. The summed E-state index contributed by atoms with van der Waals surface area (Å²) in [6.45, 7) is 2.71. The van der Waals surface area contributed by atoms with Crippen molar-refractivity contribution in [1.29, 1.82) is 0 Å². The highest BCUT2D eigenvalue weighted by molar-refractivity contribution is 5.66. The number of benzene rings is 2. The molecule has 0 fully saturated rings. The third kappa shape index (κ3) is 4.41. The van der Waals surface area contributed by atoms with Crippen molar-refractivity contribution in [2.45, 2.75) is 26.3 Å². The van der Waals surface area contributed by atoms with E-state index in [0.29, 0.717) is 31.9 Å². The van der Waals surface area contributed by atoms with E-state index in [9.17, 15) is 9.90 Å². The Hall–Kier alpha value is -4.20. The van der Waals surface area contributed by atoms with Crippen molar-refractivity contribution in [2.24, 2.45) is 0 Å². The van der Waals surface area contributed by atoms with Crippen LogP contribution in [0.2, 0.25) is 0 Å². The van der Waals surface area contributed by atoms with Gasteiger partial charge >= 0.3 is 6.09 Å². The predicted molar refractivity (Wildman–Crippen MR) is 125 cm³/mol. The van der Waals surface area contributed by atoms with Crippen LogP contribution in [0.5, 0.6) is 0 Å². The van der Waals surface area contributed by atoms with Gasteiger partial charge in [-0.15, -0.1) is 0 Å². The highest BCUT2D eigenvalue weighted by Crippen LogP contribution is 2.25. The number of carboxylic acid groups (broad SMARTS) is 1. The quantitative estimate of drug-likeness (QED) is 0.479. The minimum atomic E-state index is -0.915. The Balaban J connectivity index is 1.45. The number of imidazole rings is 1. The van der Waals surface area contributed by atoms with Crippen LogP contribution in [0.15, 0.2) is 67.0 Å². The molecule has 0 bridgehead atoms. The van der Waals surface area contributed by atoms with Crippen molar-refractivity contribution in [3.8, 4) is 5.69 Å². The van der Waals surface area contributed by atoms with Gasteiger partial charge in [0.05, 0.1) is 17.9 Å². The SMILES string of the molecule is Cc1nccn1-c1ccc(Nc2nc3c(c(Cc4ccccc4)n2)CN(C(=O)O)CC3)cc1. The van der Waals surface area contributed by atoms with Crippen molar-refractivity contribution in [3.63, 3.8) is 0 Å². The largest absolute Gasteiger partial charge is 0.465 e. The fourth-order valence-corrected chi connectivity index (χ4v) is 4.12. The number of aryl methyl sites for hydroxylation is 1. The molecule has 0 saturated carbocycles. The molecule has 0 unspecified atom stereocenters. The van der Waals surface area contributed by atoms with Gasteiger partial charge in [0.25, 0.3) is 0 Å². The summed E-state index contributed by atoms with van der Waals surface area (Å²) in [6, 6.07) is 18.1. The number of carbonyl (C=O) groups is 1. The molecule has 1 aliphatic rings. The normalized spacial score (nSPS) is 12.9. The summed E-state index contributed by atoms with van der Waals surface area (Å²) in [5.41, 5.74) is 5.69. The molecule has 2 aromatic carbocycles. The van der Waals surface area contributed by atoms with E-state index >= 15 is 0 Å². The van der Waals surface area contributed by atoms with Crippen LogP contribution in [-0.4, -0.2) is 42.2 Å². The van der Waals surface area contributed by atoms with Gasteiger partial charge in [0.15, 0.2) is 0 Å². The lowest BCUT2D eigenvalue weighted by atomic mass is 9.99. The molecule has 0 aliphatic carbocycles. The molecule has 2 N–H and O–H groups in total. The first-order valence-electron chi connectivity index (χ1n) is 10.8. The third-order valence-corrected chi connectivity index (χ3v) is 5.86. The van der Waals surface area contributed by atoms with Gasteiger partial charge in [-0.2, -0.15) is 0 Å². The maximum Gasteiger partial charge on any atom is 0.407 e. The molecule has 4 aromatic rings. The molecule has 166 valence electrons. The Kier molecular flexibility index (Phi) is 5.48. The van der Waals surface area contributed by atoms with Gasteiger partial charge < -0.3 is 19.9 Å². The van der Waals surface area contributed by atoms with Gasteiger partial charge in [-0.25, -0.2) is 19.7 Å². The van der Waals surface area contributed by atoms with Gasteiger partial charge in [0, 0.05) is 48.7 Å². The topological polar surface area (TPSA) is 96.2 Å². The first-order valence-corrected chi connectivity index (χ1v) is 10.8. The highest BCUT2D eigenvalue weighted by atomic mass is 16.4. The van der Waals surface area contributed by atoms with E-state index in [4.69, 9.17) is 9.97 Å². The summed E-state index contributed by atoms with van der Waals surface area (Å²) in [4.78, 5) is 26.8. The van der Waals surface area contributed by atoms with E-state index in [2.05, 4.69) is 22.4 Å². The smallest absolute Gasteiger partial charge is 0.407 e. The number of nitrogens with zero attached hydrogens (tertiary/aromatic N) is 5. The van der Waals surface area contributed by atoms with Gasteiger partial charge in [0.2, 0.25) is 5.95 Å². The van der Waals surface area contributed by atoms with E-state index in [-0.39, 0.29) is 0 Å². The molecule has 3 heterocycles. The lowest BCUT2D eigenvalue weighted by Crippen LogP contribution is -2.36. The fourth-order valence-electron chi connectivity index (χ4n) is 4.12. The summed E-state index contributed by atoms with van der Waals surface area (Å²) in [7, 11) is 0. The van der Waals surface area contributed by atoms with E-state index in [1.165, 1.54) is 4.90 Å². The molecule has 8 heteroatoms. The van der Waals surface area contributed by atoms with Crippen molar-refractivity contribution < 1.29 is 9.90 Å². The second kappa shape index (κ2) is 8.74. The number of aromatic nitrogens is 4. The van der Waals surface area contributed by atoms with E-state index in [1.54, 1.807) is 6.20 Å². The van der Waals surface area contributed by atoms with Crippen LogP contribution in [0.3, 0.4) is 0 Å². The molecule has 2 aromatic heterocycles. The number of fused-ring (bicyclic) bond motifs is 1. The second-order valence-electron chi connectivity index (χ2n) is 8.05. The van der Waals surface area contributed by atoms with Crippen molar-refractivity contribution in [2.75, 3.05) is 11.9 Å². The number of nitrogens with one attached hydrogen (secondary N) is 1. The summed E-state index contributed by atoms with van der Waals surface area (Å²) in [5.74, 6) is 1.45. The molecule has 0 saturated heterocycles. The minimum absolute atomic E-state index is 0.312. The molecular formula is C25H24N6O2. The molecule has 8 nitrogen and oxygen atoms in total. The molecule has 1 amide bonds. The van der Waals surface area contributed by atoms with Gasteiger partial charge in [0.1, 0.15) is 5.82 Å². The van der Waals surface area contributed by atoms with Crippen LogP contribution < -0.4 is 5.32 Å². The maximum atomic E-state index is 11.5. The van der Waals surface area contributed by atoms with Crippen LogP contribution in [0.1, 0.15) is 28.3 Å². The average molecular weight is 441 g/mol. The monoisotopic (exact) mass is 440 g/mol. The van der Waals surface area contributed by atoms with Gasteiger partial charge in [-0.3, -0.25) is 0 Å². The summed E-state index contributed by atoms with van der Waals surface area (Å²) >= 11 is 0. The van der Waals surface area contributed by atoms with Crippen molar-refractivity contribution in [3.05, 3.63) is 95.3 Å². The zero-order valence-corrected chi connectivity index (χ0v) is 18.3. The maximum absolute atomic E-state index is 11.5. The Labute approximate surface area is 191 Å². The lowest BCUT2D eigenvalue weighted by molar-refractivity contribution is 0.139. The third-order valence-electron chi connectivity index (χ3n) is 5.86. The van der Waals surface area contributed by atoms with E-state index in [1.807, 2.05) is 60.2 Å². The molecule has 0 radical (unpaired) electrons. The standard InChI is InChI=1S/C25H24N6O2/c1-17-26-12-14-31(17)20-9-7-19(8-10-20)27-24-28-22-11-13-30(25(32)33)16-21(22)23(29-24)15-18-5-3-2-4-6-18/h2-10,12,14H,11,13,15-16H2,1H3,(H,32,33)(H,27,28,29). The Morgan fingerprint density at radius 2 is 1.88 bits per heavy atom. The van der Waals surface area contributed by atoms with Crippen molar-refractivity contribution in [1.82, 2.24) is 24.4 Å². The Morgan fingerprint density at radius 3 is 2.58 bits per heavy atom. The van der Waals surface area contributed by atoms with Crippen LogP contribution >= 0.6 is 0 Å². The summed E-state index contributed by atoms with van der Waals surface area (Å²) in [6.07, 6.45) is 3.98. The molecular weight excluding hydrogens is 416 g/mol. The molecule has 5 rings (SSSR count). The number of hydrogen-bond acceptors (Lipinski definition) is 5. The van der Waals surface area contributed by atoms with Crippen LogP contribution in [-0.2, 0) is 19.4 Å². The number of hydrogen-bond donors (Lipinski definition) is 2.